The van der Waals surface area contributed by atoms with E-state index in [1.807, 2.05) is 36.4 Å². The second-order valence-electron chi connectivity index (χ2n) is 7.64. The number of carbonyl (C=O) groups excluding carboxylic acids is 1. The van der Waals surface area contributed by atoms with Gasteiger partial charge < -0.3 is 33.8 Å². The molecular formula is C27H25NO8. The lowest BCUT2D eigenvalue weighted by atomic mass is 10.0. The zero-order valence-corrected chi connectivity index (χ0v) is 19.8. The molecule has 0 fully saturated rings. The van der Waals surface area contributed by atoms with Crippen LogP contribution in [0.1, 0.15) is 12.5 Å². The van der Waals surface area contributed by atoms with Gasteiger partial charge in [0, 0.05) is 23.1 Å². The summed E-state index contributed by atoms with van der Waals surface area (Å²) < 4.78 is 27.2. The van der Waals surface area contributed by atoms with Crippen molar-refractivity contribution in [1.82, 2.24) is 4.98 Å². The van der Waals surface area contributed by atoms with Crippen molar-refractivity contribution in [1.29, 1.82) is 0 Å². The van der Waals surface area contributed by atoms with Crippen LogP contribution in [0, 0.1) is 0 Å². The first kappa shape index (κ1) is 24.5. The van der Waals surface area contributed by atoms with Gasteiger partial charge in [-0.15, -0.1) is 0 Å². The van der Waals surface area contributed by atoms with Crippen LogP contribution in [0.3, 0.4) is 0 Å². The standard InChI is InChI=1S/C27H25NO8/c1-3-33-27(31)36-26-25(21-12-9-18(32-2)14-23(21)35-16-24(29)30)20-11-10-19(13-22(20)28-26)34-15-17-7-5-4-6-8-17/h4-14,28H,3,15-16H2,1-2H3,(H,29,30). The number of hydrogen-bond acceptors (Lipinski definition) is 7. The maximum absolute atomic E-state index is 12.2. The first-order valence-electron chi connectivity index (χ1n) is 11.2. The number of rotatable bonds is 10. The minimum Gasteiger partial charge on any atom is -0.497 e. The van der Waals surface area contributed by atoms with Gasteiger partial charge in [-0.05, 0) is 36.8 Å². The molecule has 1 heterocycles. The van der Waals surface area contributed by atoms with Crippen LogP contribution < -0.4 is 18.9 Å². The SMILES string of the molecule is CCOC(=O)Oc1[nH]c2cc(OCc3ccccc3)ccc2c1-c1ccc(OC)cc1OCC(=O)O. The molecule has 4 aromatic rings. The number of ether oxygens (including phenoxy) is 5. The molecule has 0 radical (unpaired) electrons. The Morgan fingerprint density at radius 1 is 0.944 bits per heavy atom. The minimum atomic E-state index is -1.13. The highest BCUT2D eigenvalue weighted by Crippen LogP contribution is 2.44. The summed E-state index contributed by atoms with van der Waals surface area (Å²) in [6.45, 7) is 1.64. The molecule has 0 aliphatic carbocycles. The number of methoxy groups -OCH3 is 1. The van der Waals surface area contributed by atoms with Gasteiger partial charge in [-0.25, -0.2) is 9.59 Å². The van der Waals surface area contributed by atoms with Crippen LogP contribution in [0.15, 0.2) is 66.7 Å². The van der Waals surface area contributed by atoms with E-state index in [4.69, 9.17) is 28.8 Å². The fourth-order valence-corrected chi connectivity index (χ4v) is 3.65. The lowest BCUT2D eigenvalue weighted by Gasteiger charge is -2.13. The Hall–Kier alpha value is -4.66. The summed E-state index contributed by atoms with van der Waals surface area (Å²) >= 11 is 0. The van der Waals surface area contributed by atoms with Crippen molar-refractivity contribution >= 4 is 23.0 Å². The number of carboxylic acids is 1. The van der Waals surface area contributed by atoms with E-state index in [9.17, 15) is 9.59 Å². The van der Waals surface area contributed by atoms with E-state index in [1.54, 1.807) is 37.3 Å². The van der Waals surface area contributed by atoms with Crippen molar-refractivity contribution in [2.45, 2.75) is 13.5 Å². The summed E-state index contributed by atoms with van der Waals surface area (Å²) in [7, 11) is 1.49. The molecule has 186 valence electrons. The Kier molecular flexibility index (Phi) is 7.60. The summed E-state index contributed by atoms with van der Waals surface area (Å²) in [5.74, 6) is 0.318. The van der Waals surface area contributed by atoms with E-state index in [1.165, 1.54) is 7.11 Å². The van der Waals surface area contributed by atoms with Crippen LogP contribution in [0.25, 0.3) is 22.0 Å². The van der Waals surface area contributed by atoms with E-state index in [-0.39, 0.29) is 18.2 Å². The molecule has 4 rings (SSSR count). The van der Waals surface area contributed by atoms with Gasteiger partial charge in [0.2, 0.25) is 5.88 Å². The molecule has 2 N–H and O–H groups in total. The fraction of sp³-hybridized carbons (Fsp3) is 0.185. The van der Waals surface area contributed by atoms with Gasteiger partial charge >= 0.3 is 12.1 Å². The van der Waals surface area contributed by atoms with E-state index in [0.717, 1.165) is 5.56 Å². The maximum atomic E-state index is 12.2. The molecule has 36 heavy (non-hydrogen) atoms. The molecule has 1 aromatic heterocycles. The molecule has 9 nitrogen and oxygen atoms in total. The number of hydrogen-bond donors (Lipinski definition) is 2. The molecule has 0 saturated carbocycles. The summed E-state index contributed by atoms with van der Waals surface area (Å²) in [5.41, 5.74) is 2.65. The average Bonchev–Trinajstić information content (AvgIpc) is 3.23. The van der Waals surface area contributed by atoms with Gasteiger partial charge in [0.05, 0.1) is 24.8 Å². The van der Waals surface area contributed by atoms with Crippen LogP contribution in [0.5, 0.6) is 23.1 Å². The molecule has 3 aromatic carbocycles. The third-order valence-corrected chi connectivity index (χ3v) is 5.24. The number of H-pyrrole nitrogens is 1. The van der Waals surface area contributed by atoms with Crippen LogP contribution in [0.4, 0.5) is 4.79 Å². The predicted molar refractivity (Wildman–Crippen MR) is 132 cm³/mol. The normalized spacial score (nSPS) is 10.6. The van der Waals surface area contributed by atoms with Gasteiger partial charge in [-0.1, -0.05) is 30.3 Å². The van der Waals surface area contributed by atoms with E-state index >= 15 is 0 Å². The minimum absolute atomic E-state index is 0.119. The second kappa shape index (κ2) is 11.2. The number of aromatic nitrogens is 1. The number of benzene rings is 3. The first-order valence-corrected chi connectivity index (χ1v) is 11.2. The Bertz CT molecular complexity index is 1360. The topological polar surface area (TPSA) is 116 Å². The van der Waals surface area contributed by atoms with Crippen molar-refractivity contribution < 1.29 is 38.4 Å². The van der Waals surface area contributed by atoms with E-state index in [2.05, 4.69) is 4.98 Å². The molecule has 0 unspecified atom stereocenters. The quantitative estimate of drug-likeness (QED) is 0.283. The summed E-state index contributed by atoms with van der Waals surface area (Å²) in [6, 6.07) is 20.2. The van der Waals surface area contributed by atoms with Crippen LogP contribution in [-0.2, 0) is 16.1 Å². The molecule has 0 atom stereocenters. The molecule has 0 saturated heterocycles. The number of nitrogens with one attached hydrogen (secondary N) is 1. The number of aliphatic carboxylic acids is 1. The van der Waals surface area contributed by atoms with Gasteiger partial charge in [-0.3, -0.25) is 0 Å². The van der Waals surface area contributed by atoms with Crippen molar-refractivity contribution in [3.8, 4) is 34.3 Å². The molecule has 0 aliphatic heterocycles. The van der Waals surface area contributed by atoms with Gasteiger partial charge in [0.15, 0.2) is 6.61 Å². The molecule has 0 aliphatic rings. The Balaban J connectivity index is 1.77. The lowest BCUT2D eigenvalue weighted by Crippen LogP contribution is -2.11. The fourth-order valence-electron chi connectivity index (χ4n) is 3.65. The zero-order valence-electron chi connectivity index (χ0n) is 19.8. The first-order chi connectivity index (χ1) is 17.5. The monoisotopic (exact) mass is 491 g/mol. The number of carboxylic acid groups (broad SMARTS) is 1. The number of fused-ring (bicyclic) bond motifs is 1. The average molecular weight is 491 g/mol. The summed E-state index contributed by atoms with van der Waals surface area (Å²) in [4.78, 5) is 26.4. The summed E-state index contributed by atoms with van der Waals surface area (Å²) in [5, 5.41) is 9.83. The third-order valence-electron chi connectivity index (χ3n) is 5.24. The van der Waals surface area contributed by atoms with Crippen LogP contribution in [0.2, 0.25) is 0 Å². The highest BCUT2D eigenvalue weighted by molar-refractivity contribution is 6.01. The molecule has 9 heteroatoms. The van der Waals surface area contributed by atoms with Gasteiger partial charge in [-0.2, -0.15) is 0 Å². The Morgan fingerprint density at radius 3 is 2.44 bits per heavy atom. The predicted octanol–water partition coefficient (Wildman–Crippen LogP) is 5.42. The highest BCUT2D eigenvalue weighted by atomic mass is 16.7. The zero-order chi connectivity index (χ0) is 25.5. The third kappa shape index (κ3) is 5.69. The molecule has 0 bridgehead atoms. The van der Waals surface area contributed by atoms with Crippen molar-refractivity contribution in [3.05, 3.63) is 72.3 Å². The van der Waals surface area contributed by atoms with Crippen molar-refractivity contribution in [2.24, 2.45) is 0 Å². The van der Waals surface area contributed by atoms with Gasteiger partial charge in [0.1, 0.15) is 23.9 Å². The van der Waals surface area contributed by atoms with Crippen molar-refractivity contribution in [2.75, 3.05) is 20.3 Å². The highest BCUT2D eigenvalue weighted by Gasteiger charge is 2.22. The Labute approximate surface area is 207 Å². The number of carbonyl (C=O) groups is 2. The molecular weight excluding hydrogens is 466 g/mol. The largest absolute Gasteiger partial charge is 0.515 e. The van der Waals surface area contributed by atoms with Gasteiger partial charge in [0.25, 0.3) is 0 Å². The number of aromatic amines is 1. The summed E-state index contributed by atoms with van der Waals surface area (Å²) in [6.07, 6.45) is -0.882. The maximum Gasteiger partial charge on any atom is 0.515 e. The van der Waals surface area contributed by atoms with Crippen LogP contribution >= 0.6 is 0 Å². The van der Waals surface area contributed by atoms with Crippen LogP contribution in [-0.4, -0.2) is 42.5 Å². The second-order valence-corrected chi connectivity index (χ2v) is 7.64. The van der Waals surface area contributed by atoms with Crippen molar-refractivity contribution in [3.63, 3.8) is 0 Å². The van der Waals surface area contributed by atoms with E-state index < -0.39 is 18.7 Å². The molecule has 0 spiro atoms. The molecule has 0 amide bonds. The Morgan fingerprint density at radius 2 is 1.72 bits per heavy atom. The smallest absolute Gasteiger partial charge is 0.497 e. The van der Waals surface area contributed by atoms with E-state index in [0.29, 0.717) is 40.1 Å². The lowest BCUT2D eigenvalue weighted by molar-refractivity contribution is -0.139.